The van der Waals surface area contributed by atoms with Crippen LogP contribution in [0, 0.1) is 0 Å². The minimum atomic E-state index is 0.206. The van der Waals surface area contributed by atoms with Gasteiger partial charge in [-0.05, 0) is 43.7 Å². The Morgan fingerprint density at radius 3 is 3.12 bits per heavy atom. The van der Waals surface area contributed by atoms with E-state index in [9.17, 15) is 4.79 Å². The number of nitrogens with two attached hydrogens (primary N) is 1. The number of carbonyl (C=O) groups is 1. The molecule has 1 aromatic rings. The molecule has 3 rings (SSSR count). The van der Waals surface area contributed by atoms with Crippen LogP contribution in [0.3, 0.4) is 0 Å². The molecule has 4 heteroatoms. The highest BCUT2D eigenvalue weighted by Crippen LogP contribution is 2.32. The molecule has 1 aliphatic heterocycles. The van der Waals surface area contributed by atoms with E-state index in [1.807, 2.05) is 4.90 Å². The molecule has 2 aliphatic rings. The van der Waals surface area contributed by atoms with Gasteiger partial charge in [0.2, 0.25) is 0 Å². The van der Waals surface area contributed by atoms with Crippen LogP contribution >= 0.6 is 11.3 Å². The Hall–Kier alpha value is -0.870. The molecule has 1 saturated heterocycles. The summed E-state index contributed by atoms with van der Waals surface area (Å²) in [6, 6.07) is 2.38. The Morgan fingerprint density at radius 1 is 1.47 bits per heavy atom. The number of likely N-dealkylation sites (tertiary alicyclic amines) is 1. The van der Waals surface area contributed by atoms with E-state index < -0.39 is 0 Å². The second-order valence-electron chi connectivity index (χ2n) is 4.94. The highest BCUT2D eigenvalue weighted by Gasteiger charge is 2.30. The van der Waals surface area contributed by atoms with Gasteiger partial charge >= 0.3 is 0 Å². The van der Waals surface area contributed by atoms with Gasteiger partial charge in [0.05, 0.1) is 4.88 Å². The number of nitrogens with zero attached hydrogens (tertiary/aromatic N) is 1. The number of hydrogen-bond acceptors (Lipinski definition) is 3. The van der Waals surface area contributed by atoms with E-state index >= 15 is 0 Å². The summed E-state index contributed by atoms with van der Waals surface area (Å²) in [5, 5.41) is 0. The van der Waals surface area contributed by atoms with Crippen LogP contribution < -0.4 is 5.73 Å². The van der Waals surface area contributed by atoms with Crippen molar-refractivity contribution in [2.24, 2.45) is 5.73 Å². The lowest BCUT2D eigenvalue weighted by Crippen LogP contribution is -2.39. The van der Waals surface area contributed by atoms with Gasteiger partial charge < -0.3 is 10.6 Å². The third-order valence-electron chi connectivity index (χ3n) is 3.87. The number of hydrogen-bond donors (Lipinski definition) is 1. The Balaban J connectivity index is 1.81. The summed E-state index contributed by atoms with van der Waals surface area (Å²) >= 11 is 1.70. The van der Waals surface area contributed by atoms with Crippen LogP contribution in [0.1, 0.15) is 39.4 Å². The molecule has 1 amide bonds. The molecule has 17 heavy (non-hydrogen) atoms. The second kappa shape index (κ2) is 4.42. The van der Waals surface area contributed by atoms with Crippen molar-refractivity contribution >= 4 is 17.2 Å². The molecule has 0 spiro atoms. The average molecular weight is 250 g/mol. The van der Waals surface area contributed by atoms with Gasteiger partial charge in [-0.25, -0.2) is 0 Å². The highest BCUT2D eigenvalue weighted by molar-refractivity contribution is 7.14. The lowest BCUT2D eigenvalue weighted by Gasteiger charge is -2.22. The molecule has 1 fully saturated rings. The van der Waals surface area contributed by atoms with E-state index in [4.69, 9.17) is 5.73 Å². The first-order chi connectivity index (χ1) is 8.29. The molecule has 92 valence electrons. The summed E-state index contributed by atoms with van der Waals surface area (Å²) in [5.41, 5.74) is 7.13. The summed E-state index contributed by atoms with van der Waals surface area (Å²) < 4.78 is 0. The van der Waals surface area contributed by atoms with Crippen LogP contribution in [0.2, 0.25) is 0 Å². The number of thiophene rings is 1. The maximum Gasteiger partial charge on any atom is 0.264 e. The predicted octanol–water partition coefficient (Wildman–Crippen LogP) is 1.80. The molecule has 1 atom stereocenters. The minimum Gasteiger partial charge on any atom is -0.334 e. The Morgan fingerprint density at radius 2 is 2.35 bits per heavy atom. The van der Waals surface area contributed by atoms with Crippen molar-refractivity contribution in [2.45, 2.75) is 38.1 Å². The normalized spacial score (nSPS) is 23.1. The zero-order valence-corrected chi connectivity index (χ0v) is 10.8. The molecular weight excluding hydrogens is 232 g/mol. The lowest BCUT2D eigenvalue weighted by atomic mass is 10.2. The van der Waals surface area contributed by atoms with E-state index in [0.717, 1.165) is 37.1 Å². The third-order valence-corrected chi connectivity index (χ3v) is 5.09. The van der Waals surface area contributed by atoms with Gasteiger partial charge in [-0.15, -0.1) is 11.3 Å². The smallest absolute Gasteiger partial charge is 0.264 e. The van der Waals surface area contributed by atoms with E-state index in [0.29, 0.717) is 6.54 Å². The van der Waals surface area contributed by atoms with Crippen LogP contribution in [0.4, 0.5) is 0 Å². The summed E-state index contributed by atoms with van der Waals surface area (Å²) in [4.78, 5) is 16.7. The Bertz CT molecular complexity index is 419. The van der Waals surface area contributed by atoms with Gasteiger partial charge in [0, 0.05) is 24.0 Å². The standard InChI is InChI=1S/C13H18N2OS/c14-8-10-4-2-6-15(10)13(16)12-7-9-3-1-5-11(9)17-12/h7,10H,1-6,8,14H2. The van der Waals surface area contributed by atoms with E-state index in [1.54, 1.807) is 11.3 Å². The summed E-state index contributed by atoms with van der Waals surface area (Å²) in [6.45, 7) is 1.47. The zero-order valence-electron chi connectivity index (χ0n) is 9.95. The van der Waals surface area contributed by atoms with Crippen molar-refractivity contribution < 1.29 is 4.79 Å². The average Bonchev–Trinajstić information content (AvgIpc) is 3.02. The number of amides is 1. The highest BCUT2D eigenvalue weighted by atomic mass is 32.1. The fourth-order valence-corrected chi connectivity index (χ4v) is 4.13. The van der Waals surface area contributed by atoms with Crippen molar-refractivity contribution in [3.8, 4) is 0 Å². The maximum absolute atomic E-state index is 12.4. The van der Waals surface area contributed by atoms with E-state index in [1.165, 1.54) is 16.9 Å². The van der Waals surface area contributed by atoms with Gasteiger partial charge in [0.15, 0.2) is 0 Å². The second-order valence-corrected chi connectivity index (χ2v) is 6.08. The first kappa shape index (κ1) is 11.2. The molecule has 0 radical (unpaired) electrons. The minimum absolute atomic E-state index is 0.206. The Labute approximate surface area is 106 Å². The summed E-state index contributed by atoms with van der Waals surface area (Å²) in [5.74, 6) is 0.206. The van der Waals surface area contributed by atoms with Gasteiger partial charge in [-0.1, -0.05) is 0 Å². The molecular formula is C13H18N2OS. The largest absolute Gasteiger partial charge is 0.334 e. The topological polar surface area (TPSA) is 46.3 Å². The molecule has 2 N–H and O–H groups in total. The number of carbonyl (C=O) groups excluding carboxylic acids is 1. The lowest BCUT2D eigenvalue weighted by molar-refractivity contribution is 0.0746. The molecule has 3 nitrogen and oxygen atoms in total. The van der Waals surface area contributed by atoms with Crippen LogP contribution in [0.25, 0.3) is 0 Å². The molecule has 1 aromatic heterocycles. The molecule has 1 unspecified atom stereocenters. The Kier molecular flexibility index (Phi) is 2.92. The molecule has 0 bridgehead atoms. The molecule has 0 aromatic carbocycles. The van der Waals surface area contributed by atoms with Gasteiger partial charge in [-0.2, -0.15) is 0 Å². The molecule has 2 heterocycles. The van der Waals surface area contributed by atoms with Crippen LogP contribution in [0.15, 0.2) is 6.07 Å². The van der Waals surface area contributed by atoms with Crippen molar-refractivity contribution in [2.75, 3.05) is 13.1 Å². The van der Waals surface area contributed by atoms with Crippen molar-refractivity contribution in [1.29, 1.82) is 0 Å². The maximum atomic E-state index is 12.4. The predicted molar refractivity (Wildman–Crippen MR) is 69.5 cm³/mol. The van der Waals surface area contributed by atoms with Gasteiger partial charge in [0.1, 0.15) is 0 Å². The fraction of sp³-hybridized carbons (Fsp3) is 0.615. The van der Waals surface area contributed by atoms with Gasteiger partial charge in [-0.3, -0.25) is 4.79 Å². The van der Waals surface area contributed by atoms with Crippen LogP contribution in [0.5, 0.6) is 0 Å². The van der Waals surface area contributed by atoms with E-state index in [2.05, 4.69) is 6.07 Å². The quantitative estimate of drug-likeness (QED) is 0.870. The van der Waals surface area contributed by atoms with Crippen molar-refractivity contribution in [3.63, 3.8) is 0 Å². The molecule has 0 saturated carbocycles. The number of rotatable bonds is 2. The summed E-state index contributed by atoms with van der Waals surface area (Å²) in [7, 11) is 0. The van der Waals surface area contributed by atoms with Gasteiger partial charge in [0.25, 0.3) is 5.91 Å². The first-order valence-corrected chi connectivity index (χ1v) is 7.24. The van der Waals surface area contributed by atoms with Crippen molar-refractivity contribution in [1.82, 2.24) is 4.90 Å². The zero-order chi connectivity index (χ0) is 11.8. The van der Waals surface area contributed by atoms with Crippen LogP contribution in [-0.4, -0.2) is 29.9 Å². The van der Waals surface area contributed by atoms with E-state index in [-0.39, 0.29) is 11.9 Å². The SMILES string of the molecule is NCC1CCCN1C(=O)c1cc2c(s1)CCC2. The molecule has 1 aliphatic carbocycles. The van der Waals surface area contributed by atoms with Crippen molar-refractivity contribution in [3.05, 3.63) is 21.4 Å². The van der Waals surface area contributed by atoms with Crippen LogP contribution in [-0.2, 0) is 12.8 Å². The summed E-state index contributed by atoms with van der Waals surface area (Å²) in [6.07, 6.45) is 5.73. The first-order valence-electron chi connectivity index (χ1n) is 6.42. The third kappa shape index (κ3) is 1.89. The number of aryl methyl sites for hydroxylation is 2. The monoisotopic (exact) mass is 250 g/mol. The fourth-order valence-electron chi connectivity index (χ4n) is 2.92. The number of fused-ring (bicyclic) bond motifs is 1.